The third-order valence-electron chi connectivity index (χ3n) is 3.88. The van der Waals surface area contributed by atoms with E-state index in [1.54, 1.807) is 5.38 Å². The van der Waals surface area contributed by atoms with Crippen LogP contribution in [0.1, 0.15) is 17.7 Å². The molecule has 1 aliphatic heterocycles. The highest BCUT2D eigenvalue weighted by Gasteiger charge is 2.30. The molecule has 2 atom stereocenters. The van der Waals surface area contributed by atoms with E-state index >= 15 is 0 Å². The van der Waals surface area contributed by atoms with Gasteiger partial charge in [-0.15, -0.1) is 11.3 Å². The second-order valence-corrected chi connectivity index (χ2v) is 6.65. The van der Waals surface area contributed by atoms with E-state index in [0.29, 0.717) is 29.2 Å². The maximum absolute atomic E-state index is 12.6. The molecule has 0 radical (unpaired) electrons. The molecular weight excluding hydrogens is 355 g/mol. The normalized spacial score (nSPS) is 20.6. The highest BCUT2D eigenvalue weighted by molar-refractivity contribution is 7.13. The summed E-state index contributed by atoms with van der Waals surface area (Å²) in [6, 6.07) is 4.40. The summed E-state index contributed by atoms with van der Waals surface area (Å²) in [5, 5.41) is 17.4. The van der Waals surface area contributed by atoms with E-state index in [1.165, 1.54) is 23.5 Å². The molecular formula is C16H16F3N3O2S. The number of carbonyl (C=O) groups excluding carboxylic acids is 1. The van der Waals surface area contributed by atoms with Crippen molar-refractivity contribution in [1.29, 1.82) is 0 Å². The Kier molecular flexibility index (Phi) is 5.07. The molecule has 0 aliphatic carbocycles. The van der Waals surface area contributed by atoms with Gasteiger partial charge in [0.05, 0.1) is 29.9 Å². The standard InChI is InChI=1S/C16H16F3N3O2S/c17-16(18,19)10-3-1-9(2-4-10)15-22-11(8-25-15)6-21-14(24)13-5-12(23)7-20-13/h1-4,8,12-13,20,23H,5-7H2,(H,21,24)/t12-,13-/m1/s1. The van der Waals surface area contributed by atoms with Crippen molar-refractivity contribution in [2.45, 2.75) is 31.3 Å². The topological polar surface area (TPSA) is 74.2 Å². The molecule has 3 rings (SSSR count). The van der Waals surface area contributed by atoms with Gasteiger partial charge in [0.1, 0.15) is 5.01 Å². The third kappa shape index (κ3) is 4.36. The predicted molar refractivity (Wildman–Crippen MR) is 86.8 cm³/mol. The number of nitrogens with one attached hydrogen (secondary N) is 2. The van der Waals surface area contributed by atoms with Crippen molar-refractivity contribution in [2.75, 3.05) is 6.54 Å². The number of aliphatic hydroxyl groups excluding tert-OH is 1. The molecule has 0 spiro atoms. The molecule has 1 saturated heterocycles. The number of nitrogens with zero attached hydrogens (tertiary/aromatic N) is 1. The van der Waals surface area contributed by atoms with Crippen molar-refractivity contribution < 1.29 is 23.1 Å². The quantitative estimate of drug-likeness (QED) is 0.770. The van der Waals surface area contributed by atoms with Crippen molar-refractivity contribution in [3.8, 4) is 10.6 Å². The average molecular weight is 371 g/mol. The van der Waals surface area contributed by atoms with Crippen LogP contribution in [-0.2, 0) is 17.5 Å². The Bertz CT molecular complexity index is 746. The largest absolute Gasteiger partial charge is 0.416 e. The number of halogens is 3. The predicted octanol–water partition coefficient (Wildman–Crippen LogP) is 2.17. The lowest BCUT2D eigenvalue weighted by molar-refractivity contribution is -0.137. The van der Waals surface area contributed by atoms with Gasteiger partial charge in [0.15, 0.2) is 0 Å². The maximum Gasteiger partial charge on any atom is 0.416 e. The van der Waals surface area contributed by atoms with E-state index in [0.717, 1.165) is 12.1 Å². The Morgan fingerprint density at radius 3 is 2.68 bits per heavy atom. The number of alkyl halides is 3. The van der Waals surface area contributed by atoms with Gasteiger partial charge in [0.2, 0.25) is 5.91 Å². The summed E-state index contributed by atoms with van der Waals surface area (Å²) < 4.78 is 37.7. The van der Waals surface area contributed by atoms with Gasteiger partial charge < -0.3 is 15.7 Å². The molecule has 0 unspecified atom stereocenters. The van der Waals surface area contributed by atoms with Gasteiger partial charge in [-0.25, -0.2) is 4.98 Å². The minimum absolute atomic E-state index is 0.208. The summed E-state index contributed by atoms with van der Waals surface area (Å²) in [7, 11) is 0. The summed E-state index contributed by atoms with van der Waals surface area (Å²) >= 11 is 1.30. The molecule has 0 saturated carbocycles. The molecule has 2 aromatic rings. The SMILES string of the molecule is O=C(NCc1csc(-c2ccc(C(F)(F)F)cc2)n1)[C@H]1C[C@@H](O)CN1. The van der Waals surface area contributed by atoms with E-state index in [4.69, 9.17) is 0 Å². The fraction of sp³-hybridized carbons (Fsp3) is 0.375. The second-order valence-electron chi connectivity index (χ2n) is 5.79. The lowest BCUT2D eigenvalue weighted by atomic mass is 10.1. The van der Waals surface area contributed by atoms with Crippen LogP contribution >= 0.6 is 11.3 Å². The number of benzene rings is 1. The summed E-state index contributed by atoms with van der Waals surface area (Å²) in [6.07, 6.45) is -4.50. The van der Waals surface area contributed by atoms with Crippen LogP contribution in [0.15, 0.2) is 29.6 Å². The zero-order valence-corrected chi connectivity index (χ0v) is 13.8. The number of hydrogen-bond donors (Lipinski definition) is 3. The number of aliphatic hydroxyl groups is 1. The zero-order chi connectivity index (χ0) is 18.0. The van der Waals surface area contributed by atoms with Crippen molar-refractivity contribution >= 4 is 17.2 Å². The van der Waals surface area contributed by atoms with Gasteiger partial charge in [-0.05, 0) is 18.6 Å². The van der Waals surface area contributed by atoms with Crippen molar-refractivity contribution in [3.63, 3.8) is 0 Å². The molecule has 0 bridgehead atoms. The van der Waals surface area contributed by atoms with E-state index in [9.17, 15) is 23.1 Å². The molecule has 1 amide bonds. The van der Waals surface area contributed by atoms with Crippen molar-refractivity contribution in [3.05, 3.63) is 40.9 Å². The minimum atomic E-state index is -4.36. The van der Waals surface area contributed by atoms with Crippen LogP contribution < -0.4 is 10.6 Å². The fourth-order valence-corrected chi connectivity index (χ4v) is 3.37. The van der Waals surface area contributed by atoms with Gasteiger partial charge >= 0.3 is 6.18 Å². The second kappa shape index (κ2) is 7.11. The van der Waals surface area contributed by atoms with E-state index in [2.05, 4.69) is 15.6 Å². The van der Waals surface area contributed by atoms with Crippen LogP contribution in [0, 0.1) is 0 Å². The van der Waals surface area contributed by atoms with Gasteiger partial charge in [-0.2, -0.15) is 13.2 Å². The van der Waals surface area contributed by atoms with Gasteiger partial charge in [0, 0.05) is 17.5 Å². The molecule has 5 nitrogen and oxygen atoms in total. The van der Waals surface area contributed by atoms with E-state index in [-0.39, 0.29) is 12.5 Å². The number of aromatic nitrogens is 1. The van der Waals surface area contributed by atoms with E-state index in [1.807, 2.05) is 0 Å². The molecule has 25 heavy (non-hydrogen) atoms. The molecule has 134 valence electrons. The first-order valence-corrected chi connectivity index (χ1v) is 8.52. The van der Waals surface area contributed by atoms with Crippen molar-refractivity contribution in [1.82, 2.24) is 15.6 Å². The van der Waals surface area contributed by atoms with Gasteiger partial charge in [-0.1, -0.05) is 12.1 Å². The van der Waals surface area contributed by atoms with Crippen LogP contribution in [0.25, 0.3) is 10.6 Å². The molecule has 1 aromatic carbocycles. The van der Waals surface area contributed by atoms with Crippen LogP contribution in [-0.4, -0.2) is 34.7 Å². The smallest absolute Gasteiger partial charge is 0.392 e. The summed E-state index contributed by atoms with van der Waals surface area (Å²) in [6.45, 7) is 0.622. The molecule has 3 N–H and O–H groups in total. The number of carbonyl (C=O) groups is 1. The zero-order valence-electron chi connectivity index (χ0n) is 13.0. The highest BCUT2D eigenvalue weighted by Crippen LogP contribution is 2.31. The number of β-amino-alcohol motifs (C(OH)–C–C–N with tert-alkyl or cyclic N) is 1. The van der Waals surface area contributed by atoms with Crippen LogP contribution in [0.3, 0.4) is 0 Å². The Morgan fingerprint density at radius 2 is 2.08 bits per heavy atom. The molecule has 1 aliphatic rings. The van der Waals surface area contributed by atoms with Gasteiger partial charge in [-0.3, -0.25) is 4.79 Å². The Hall–Kier alpha value is -1.97. The third-order valence-corrected chi connectivity index (χ3v) is 4.82. The Balaban J connectivity index is 1.60. The van der Waals surface area contributed by atoms with Crippen molar-refractivity contribution in [2.24, 2.45) is 0 Å². The highest BCUT2D eigenvalue weighted by atomic mass is 32.1. The van der Waals surface area contributed by atoms with Crippen LogP contribution in [0.5, 0.6) is 0 Å². The van der Waals surface area contributed by atoms with E-state index < -0.39 is 23.9 Å². The van der Waals surface area contributed by atoms with Crippen LogP contribution in [0.2, 0.25) is 0 Å². The number of rotatable bonds is 4. The fourth-order valence-electron chi connectivity index (χ4n) is 2.54. The number of hydrogen-bond acceptors (Lipinski definition) is 5. The monoisotopic (exact) mass is 371 g/mol. The van der Waals surface area contributed by atoms with Gasteiger partial charge in [0.25, 0.3) is 0 Å². The minimum Gasteiger partial charge on any atom is -0.392 e. The molecule has 2 heterocycles. The molecule has 1 fully saturated rings. The number of amides is 1. The summed E-state index contributed by atoms with van der Waals surface area (Å²) in [5.74, 6) is -0.208. The first-order valence-electron chi connectivity index (χ1n) is 7.64. The summed E-state index contributed by atoms with van der Waals surface area (Å²) in [4.78, 5) is 16.3. The Labute approximate surface area is 145 Å². The first kappa shape index (κ1) is 17.8. The van der Waals surface area contributed by atoms with Crippen LogP contribution in [0.4, 0.5) is 13.2 Å². The average Bonchev–Trinajstić information content (AvgIpc) is 3.21. The Morgan fingerprint density at radius 1 is 1.36 bits per heavy atom. The lowest BCUT2D eigenvalue weighted by Crippen LogP contribution is -2.40. The summed E-state index contributed by atoms with van der Waals surface area (Å²) in [5.41, 5.74) is 0.523. The lowest BCUT2D eigenvalue weighted by Gasteiger charge is -2.09. The maximum atomic E-state index is 12.6. The first-order chi connectivity index (χ1) is 11.8. The molecule has 9 heteroatoms. The number of thiazole rings is 1. The molecule has 1 aromatic heterocycles.